The van der Waals surface area contributed by atoms with Crippen LogP contribution in [0.1, 0.15) is 16.8 Å². The summed E-state index contributed by atoms with van der Waals surface area (Å²) in [6.45, 7) is 2.02. The minimum atomic E-state index is 0.750. The molecule has 19 heavy (non-hydrogen) atoms. The number of halogens is 1. The van der Waals surface area contributed by atoms with Crippen molar-refractivity contribution in [2.75, 3.05) is 5.73 Å². The Morgan fingerprint density at radius 3 is 2.68 bits per heavy atom. The van der Waals surface area contributed by atoms with E-state index < -0.39 is 0 Å². The summed E-state index contributed by atoms with van der Waals surface area (Å²) in [4.78, 5) is 4.65. The van der Waals surface area contributed by atoms with Crippen molar-refractivity contribution in [1.29, 1.82) is 0 Å². The molecule has 3 aromatic rings. The second kappa shape index (κ2) is 4.59. The number of nitrogen functional groups attached to an aromatic ring is 1. The SMILES string of the molecule is Cc1cc(N)cn2cc(Cc3ccc(Cl)cc3)nc12. The summed E-state index contributed by atoms with van der Waals surface area (Å²) in [6, 6.07) is 9.78. The molecule has 0 saturated heterocycles. The molecule has 3 nitrogen and oxygen atoms in total. The van der Waals surface area contributed by atoms with Crippen molar-refractivity contribution in [3.8, 4) is 0 Å². The molecule has 0 unspecified atom stereocenters. The highest BCUT2D eigenvalue weighted by Gasteiger charge is 2.06. The quantitative estimate of drug-likeness (QED) is 0.776. The number of hydrogen-bond acceptors (Lipinski definition) is 2. The van der Waals surface area contributed by atoms with Crippen LogP contribution in [-0.2, 0) is 6.42 Å². The van der Waals surface area contributed by atoms with Crippen molar-refractivity contribution in [2.24, 2.45) is 0 Å². The van der Waals surface area contributed by atoms with Crippen molar-refractivity contribution >= 4 is 22.9 Å². The zero-order valence-electron chi connectivity index (χ0n) is 10.6. The second-order valence-corrected chi connectivity index (χ2v) is 5.16. The average molecular weight is 272 g/mol. The fourth-order valence-corrected chi connectivity index (χ4v) is 2.37. The summed E-state index contributed by atoms with van der Waals surface area (Å²) >= 11 is 5.88. The first kappa shape index (κ1) is 12.1. The summed E-state index contributed by atoms with van der Waals surface area (Å²) in [5, 5.41) is 0.752. The van der Waals surface area contributed by atoms with Crippen molar-refractivity contribution in [2.45, 2.75) is 13.3 Å². The maximum Gasteiger partial charge on any atom is 0.140 e. The molecule has 0 amide bonds. The number of hydrogen-bond donors (Lipinski definition) is 1. The molecule has 1 aromatic carbocycles. The van der Waals surface area contributed by atoms with Crippen LogP contribution in [-0.4, -0.2) is 9.38 Å². The number of anilines is 1. The standard InChI is InChI=1S/C15H14ClN3/c1-10-6-13(17)8-19-9-14(18-15(10)19)7-11-2-4-12(16)5-3-11/h2-6,8-9H,7,17H2,1H3. The summed E-state index contributed by atoms with van der Waals surface area (Å²) < 4.78 is 1.98. The van der Waals surface area contributed by atoms with Gasteiger partial charge in [0.05, 0.1) is 5.69 Å². The van der Waals surface area contributed by atoms with E-state index in [1.807, 2.05) is 54.0 Å². The Labute approximate surface area is 116 Å². The van der Waals surface area contributed by atoms with E-state index in [4.69, 9.17) is 17.3 Å². The highest BCUT2D eigenvalue weighted by molar-refractivity contribution is 6.30. The van der Waals surface area contributed by atoms with Crippen LogP contribution < -0.4 is 5.73 Å². The maximum atomic E-state index is 5.88. The molecule has 96 valence electrons. The van der Waals surface area contributed by atoms with Crippen molar-refractivity contribution in [3.63, 3.8) is 0 Å². The molecule has 3 rings (SSSR count). The van der Waals surface area contributed by atoms with Gasteiger partial charge in [-0.05, 0) is 36.2 Å². The van der Waals surface area contributed by atoms with Crippen molar-refractivity contribution in [3.05, 3.63) is 64.6 Å². The number of pyridine rings is 1. The molecule has 0 saturated carbocycles. The van der Waals surface area contributed by atoms with Gasteiger partial charge in [0.15, 0.2) is 0 Å². The van der Waals surface area contributed by atoms with E-state index in [1.165, 1.54) is 5.56 Å². The number of nitrogens with two attached hydrogens (primary N) is 1. The zero-order chi connectivity index (χ0) is 13.4. The van der Waals surface area contributed by atoms with Gasteiger partial charge in [0.25, 0.3) is 0 Å². The highest BCUT2D eigenvalue weighted by atomic mass is 35.5. The van der Waals surface area contributed by atoms with Gasteiger partial charge in [0.1, 0.15) is 5.65 Å². The second-order valence-electron chi connectivity index (χ2n) is 4.72. The van der Waals surface area contributed by atoms with Crippen LogP contribution in [0.15, 0.2) is 42.7 Å². The number of benzene rings is 1. The lowest BCUT2D eigenvalue weighted by molar-refractivity contribution is 1.11. The fourth-order valence-electron chi connectivity index (χ4n) is 2.24. The number of rotatable bonds is 2. The largest absolute Gasteiger partial charge is 0.398 e. The van der Waals surface area contributed by atoms with Gasteiger partial charge in [-0.1, -0.05) is 23.7 Å². The third-order valence-electron chi connectivity index (χ3n) is 3.10. The number of aromatic nitrogens is 2. The fraction of sp³-hybridized carbons (Fsp3) is 0.133. The van der Waals surface area contributed by atoms with Crippen LogP contribution in [0.5, 0.6) is 0 Å². The predicted molar refractivity (Wildman–Crippen MR) is 78.6 cm³/mol. The molecule has 0 aliphatic rings. The van der Waals surface area contributed by atoms with Gasteiger partial charge >= 0.3 is 0 Å². The lowest BCUT2D eigenvalue weighted by atomic mass is 10.1. The van der Waals surface area contributed by atoms with E-state index in [0.29, 0.717) is 0 Å². The molecule has 4 heteroatoms. The Kier molecular flexibility index (Phi) is 2.91. The molecule has 0 spiro atoms. The van der Waals surface area contributed by atoms with Crippen LogP contribution in [0.4, 0.5) is 5.69 Å². The third kappa shape index (κ3) is 2.42. The Bertz CT molecular complexity index is 729. The smallest absolute Gasteiger partial charge is 0.140 e. The molecule has 0 radical (unpaired) electrons. The third-order valence-corrected chi connectivity index (χ3v) is 3.36. The van der Waals surface area contributed by atoms with Gasteiger partial charge in [-0.3, -0.25) is 0 Å². The zero-order valence-corrected chi connectivity index (χ0v) is 11.4. The Morgan fingerprint density at radius 1 is 1.21 bits per heavy atom. The molecule has 2 heterocycles. The van der Waals surface area contributed by atoms with Crippen molar-refractivity contribution < 1.29 is 0 Å². The van der Waals surface area contributed by atoms with Crippen LogP contribution in [0.25, 0.3) is 5.65 Å². The average Bonchev–Trinajstić information content (AvgIpc) is 2.75. The summed E-state index contributed by atoms with van der Waals surface area (Å²) in [6.07, 6.45) is 4.70. The first-order chi connectivity index (χ1) is 9.11. The molecule has 0 aliphatic heterocycles. The number of fused-ring (bicyclic) bond motifs is 1. The van der Waals surface area contributed by atoms with Gasteiger partial charge in [-0.25, -0.2) is 4.98 Å². The molecule has 0 bridgehead atoms. The molecule has 0 atom stereocenters. The summed E-state index contributed by atoms with van der Waals surface area (Å²) in [5.41, 5.74) is 10.8. The predicted octanol–water partition coefficient (Wildman–Crippen LogP) is 3.47. The van der Waals surface area contributed by atoms with Crippen molar-refractivity contribution in [1.82, 2.24) is 9.38 Å². The highest BCUT2D eigenvalue weighted by Crippen LogP contribution is 2.17. The normalized spacial score (nSPS) is 11.1. The molecular formula is C15H14ClN3. The molecule has 0 aliphatic carbocycles. The molecule has 0 fully saturated rings. The molecule has 2 aromatic heterocycles. The van der Waals surface area contributed by atoms with E-state index >= 15 is 0 Å². The minimum absolute atomic E-state index is 0.750. The topological polar surface area (TPSA) is 43.3 Å². The van der Waals surface area contributed by atoms with Gasteiger partial charge in [0.2, 0.25) is 0 Å². The lowest BCUT2D eigenvalue weighted by Gasteiger charge is -1.98. The van der Waals surface area contributed by atoms with Gasteiger partial charge in [0, 0.05) is 29.5 Å². The van der Waals surface area contributed by atoms with Gasteiger partial charge in [-0.15, -0.1) is 0 Å². The first-order valence-electron chi connectivity index (χ1n) is 6.10. The number of imidazole rings is 1. The van der Waals surface area contributed by atoms with E-state index in [2.05, 4.69) is 4.98 Å². The van der Waals surface area contributed by atoms with Crippen LogP contribution in [0, 0.1) is 6.92 Å². The summed E-state index contributed by atoms with van der Waals surface area (Å²) in [7, 11) is 0. The van der Waals surface area contributed by atoms with Gasteiger partial charge in [-0.2, -0.15) is 0 Å². The Hall–Kier alpha value is -2.00. The molecule has 2 N–H and O–H groups in total. The lowest BCUT2D eigenvalue weighted by Crippen LogP contribution is -1.92. The Morgan fingerprint density at radius 2 is 1.95 bits per heavy atom. The first-order valence-corrected chi connectivity index (χ1v) is 6.48. The van der Waals surface area contributed by atoms with E-state index in [1.54, 1.807) is 0 Å². The number of aryl methyl sites for hydroxylation is 1. The summed E-state index contributed by atoms with van der Waals surface area (Å²) in [5.74, 6) is 0. The van der Waals surface area contributed by atoms with E-state index in [-0.39, 0.29) is 0 Å². The van der Waals surface area contributed by atoms with Crippen LogP contribution in [0.3, 0.4) is 0 Å². The number of nitrogens with zero attached hydrogens (tertiary/aromatic N) is 2. The van der Waals surface area contributed by atoms with Gasteiger partial charge < -0.3 is 10.1 Å². The maximum absolute atomic E-state index is 5.88. The van der Waals surface area contributed by atoms with Crippen LogP contribution in [0.2, 0.25) is 5.02 Å². The van der Waals surface area contributed by atoms with E-state index in [0.717, 1.165) is 34.0 Å². The monoisotopic (exact) mass is 271 g/mol. The van der Waals surface area contributed by atoms with Crippen LogP contribution >= 0.6 is 11.6 Å². The Balaban J connectivity index is 1.97. The molecular weight excluding hydrogens is 258 g/mol. The minimum Gasteiger partial charge on any atom is -0.398 e. The van der Waals surface area contributed by atoms with E-state index in [9.17, 15) is 0 Å².